The second-order valence-corrected chi connectivity index (χ2v) is 10.7. The fourth-order valence-corrected chi connectivity index (χ4v) is 5.65. The van der Waals surface area contributed by atoms with Crippen LogP contribution < -0.4 is 15.6 Å². The molecule has 0 saturated carbocycles. The van der Waals surface area contributed by atoms with Crippen molar-refractivity contribution in [3.8, 4) is 17.2 Å². The largest absolute Gasteiger partial charge is 0.507 e. The fourth-order valence-electron chi connectivity index (χ4n) is 5.65. The summed E-state index contributed by atoms with van der Waals surface area (Å²) in [5.74, 6) is -2.91. The molecule has 3 aromatic rings. The van der Waals surface area contributed by atoms with Gasteiger partial charge in [0, 0.05) is 30.9 Å². The van der Waals surface area contributed by atoms with E-state index in [1.54, 1.807) is 23.3 Å². The van der Waals surface area contributed by atoms with Crippen LogP contribution in [0.4, 0.5) is 5.69 Å². The molecule has 10 nitrogen and oxygen atoms in total. The number of rotatable bonds is 6. The van der Waals surface area contributed by atoms with E-state index in [1.165, 1.54) is 27.7 Å². The fraction of sp³-hybridized carbons (Fsp3) is 0.290. The number of Topliss-reactive ketones (excluding diaryl/α,β-unsaturated/α-hetero) is 2. The van der Waals surface area contributed by atoms with Gasteiger partial charge in [-0.1, -0.05) is 30.3 Å². The monoisotopic (exact) mass is 557 g/mol. The lowest BCUT2D eigenvalue weighted by Crippen LogP contribution is -2.40. The molecular formula is C31H31N3O7. The maximum absolute atomic E-state index is 14.1. The number of carbonyl (C=O) groups is 3. The summed E-state index contributed by atoms with van der Waals surface area (Å²) in [6.07, 6.45) is 1.79. The summed E-state index contributed by atoms with van der Waals surface area (Å²) < 4.78 is 9.13. The lowest BCUT2D eigenvalue weighted by molar-refractivity contribution is -0.123. The molecule has 1 aromatic heterocycles. The molecule has 2 aliphatic rings. The number of hydrogen-bond acceptors (Lipinski definition) is 8. The highest BCUT2D eigenvalue weighted by Gasteiger charge is 2.56. The Morgan fingerprint density at radius 2 is 1.71 bits per heavy atom. The van der Waals surface area contributed by atoms with Gasteiger partial charge in [0.05, 0.1) is 16.8 Å². The van der Waals surface area contributed by atoms with Crippen molar-refractivity contribution in [2.75, 3.05) is 5.32 Å². The second kappa shape index (κ2) is 9.65. The number of carbonyl (C=O) groups excluding carboxylic acids is 3. The van der Waals surface area contributed by atoms with Gasteiger partial charge in [-0.2, -0.15) is 0 Å². The van der Waals surface area contributed by atoms with Crippen LogP contribution in [0.5, 0.6) is 17.2 Å². The number of benzene rings is 2. The normalized spacial score (nSPS) is 18.9. The number of nitrogens with one attached hydrogen (secondary N) is 1. The molecule has 3 N–H and O–H groups in total. The van der Waals surface area contributed by atoms with Crippen molar-refractivity contribution >= 4 is 23.0 Å². The number of aromatic nitrogens is 2. The highest BCUT2D eigenvalue weighted by Crippen LogP contribution is 2.57. The standard InChI is InChI=1S/C31H31N3O7/c1-15-26(37)23(18(4)35)28-24(27(15)38)31(5)21(41-28)14-20(36)22(29(31)39)16(2)32-25-17(3)33(6)34(30(25)40)13-12-19-10-8-7-9-11-19/h7-11,14,32,37-38H,12-13H2,1-6H3/b22-16+. The first-order valence-corrected chi connectivity index (χ1v) is 13.2. The van der Waals surface area contributed by atoms with Gasteiger partial charge in [-0.05, 0) is 46.6 Å². The Morgan fingerprint density at radius 3 is 2.34 bits per heavy atom. The van der Waals surface area contributed by atoms with E-state index in [9.17, 15) is 29.4 Å². The molecule has 1 aliphatic carbocycles. The SMILES string of the molecule is CC(=O)c1c(O)c(C)c(O)c2c1OC1=CC(=O)/C(=C(/C)Nc3c(C)n(C)n(CCc4ccccc4)c3=O)C(=O)C12C. The molecule has 10 heteroatoms. The number of allylic oxidation sites excluding steroid dienone is 4. The molecule has 1 atom stereocenters. The first-order valence-electron chi connectivity index (χ1n) is 13.2. The molecule has 0 saturated heterocycles. The van der Waals surface area contributed by atoms with Gasteiger partial charge in [-0.25, -0.2) is 4.68 Å². The number of anilines is 1. The minimum absolute atomic E-state index is 0.00575. The maximum Gasteiger partial charge on any atom is 0.290 e. The molecule has 2 aromatic carbocycles. The molecule has 0 amide bonds. The Bertz CT molecular complexity index is 1790. The van der Waals surface area contributed by atoms with E-state index < -0.39 is 34.3 Å². The quantitative estimate of drug-likeness (QED) is 0.237. The van der Waals surface area contributed by atoms with E-state index >= 15 is 0 Å². The average Bonchev–Trinajstić information content (AvgIpc) is 3.32. The minimum Gasteiger partial charge on any atom is -0.507 e. The van der Waals surface area contributed by atoms with Gasteiger partial charge >= 0.3 is 0 Å². The molecule has 1 aliphatic heterocycles. The van der Waals surface area contributed by atoms with Crippen molar-refractivity contribution < 1.29 is 29.3 Å². The number of aryl methyl sites for hydroxylation is 1. The van der Waals surface area contributed by atoms with Crippen LogP contribution in [0, 0.1) is 13.8 Å². The molecule has 2 heterocycles. The second-order valence-electron chi connectivity index (χ2n) is 10.7. The smallest absolute Gasteiger partial charge is 0.290 e. The van der Waals surface area contributed by atoms with Crippen molar-refractivity contribution in [1.82, 2.24) is 9.36 Å². The van der Waals surface area contributed by atoms with Crippen LogP contribution in [0.15, 0.2) is 58.2 Å². The molecule has 1 unspecified atom stereocenters. The lowest BCUT2D eigenvalue weighted by Gasteiger charge is -2.29. The van der Waals surface area contributed by atoms with Crippen LogP contribution >= 0.6 is 0 Å². The molecule has 212 valence electrons. The van der Waals surface area contributed by atoms with Crippen LogP contribution in [-0.2, 0) is 35.0 Å². The van der Waals surface area contributed by atoms with E-state index in [0.29, 0.717) is 18.7 Å². The van der Waals surface area contributed by atoms with Gasteiger partial charge in [0.2, 0.25) is 0 Å². The van der Waals surface area contributed by atoms with E-state index in [4.69, 9.17) is 4.74 Å². The number of phenolic OH excluding ortho intramolecular Hbond substituents is 2. The molecule has 41 heavy (non-hydrogen) atoms. The number of ketones is 3. The van der Waals surface area contributed by atoms with Gasteiger partial charge < -0.3 is 20.3 Å². The molecule has 5 rings (SSSR count). The summed E-state index contributed by atoms with van der Waals surface area (Å²) in [6, 6.07) is 9.78. The zero-order chi connectivity index (χ0) is 30.0. The molecule has 0 radical (unpaired) electrons. The molecule has 0 spiro atoms. The highest BCUT2D eigenvalue weighted by molar-refractivity contribution is 6.31. The number of fused-ring (bicyclic) bond motifs is 3. The van der Waals surface area contributed by atoms with E-state index in [-0.39, 0.29) is 50.7 Å². The van der Waals surface area contributed by atoms with Crippen molar-refractivity contribution in [3.63, 3.8) is 0 Å². The summed E-state index contributed by atoms with van der Waals surface area (Å²) in [5.41, 5.74) is -0.218. The van der Waals surface area contributed by atoms with Gasteiger partial charge in [-0.3, -0.25) is 23.9 Å². The Hall–Kier alpha value is -4.86. The van der Waals surface area contributed by atoms with Gasteiger partial charge in [-0.15, -0.1) is 0 Å². The number of phenols is 2. The van der Waals surface area contributed by atoms with Crippen molar-refractivity contribution in [2.45, 2.75) is 53.0 Å². The first-order chi connectivity index (χ1) is 19.3. The Balaban J connectivity index is 1.56. The van der Waals surface area contributed by atoms with Crippen molar-refractivity contribution in [3.05, 3.63) is 91.7 Å². The summed E-state index contributed by atoms with van der Waals surface area (Å²) in [4.78, 5) is 53.1. The van der Waals surface area contributed by atoms with E-state index in [2.05, 4.69) is 5.32 Å². The lowest BCUT2D eigenvalue weighted by atomic mass is 9.70. The summed E-state index contributed by atoms with van der Waals surface area (Å²) in [6.45, 7) is 7.88. The maximum atomic E-state index is 14.1. The Kier molecular flexibility index (Phi) is 6.52. The van der Waals surface area contributed by atoms with Crippen molar-refractivity contribution in [1.29, 1.82) is 0 Å². The molecule has 0 bridgehead atoms. The third-order valence-electron chi connectivity index (χ3n) is 8.19. The van der Waals surface area contributed by atoms with E-state index in [0.717, 1.165) is 11.6 Å². The molecular weight excluding hydrogens is 526 g/mol. The number of ether oxygens (including phenoxy) is 1. The summed E-state index contributed by atoms with van der Waals surface area (Å²) in [7, 11) is 1.77. The van der Waals surface area contributed by atoms with Crippen molar-refractivity contribution in [2.24, 2.45) is 7.05 Å². The molecule has 0 fully saturated rings. The zero-order valence-electron chi connectivity index (χ0n) is 23.7. The highest BCUT2D eigenvalue weighted by atomic mass is 16.5. The number of aromatic hydroxyl groups is 2. The topological polar surface area (TPSA) is 140 Å². The van der Waals surface area contributed by atoms with Gasteiger partial charge in [0.25, 0.3) is 5.56 Å². The van der Waals surface area contributed by atoms with Crippen LogP contribution in [0.2, 0.25) is 0 Å². The number of nitrogens with zero attached hydrogens (tertiary/aromatic N) is 2. The number of hydrogen-bond donors (Lipinski definition) is 3. The minimum atomic E-state index is -1.64. The third kappa shape index (κ3) is 4.01. The Morgan fingerprint density at radius 1 is 1.05 bits per heavy atom. The van der Waals surface area contributed by atoms with Gasteiger partial charge in [0.1, 0.15) is 39.7 Å². The van der Waals surface area contributed by atoms with Crippen LogP contribution in [0.25, 0.3) is 0 Å². The Labute approximate surface area is 236 Å². The summed E-state index contributed by atoms with van der Waals surface area (Å²) in [5, 5.41) is 24.6. The van der Waals surface area contributed by atoms with Gasteiger partial charge in [0.15, 0.2) is 17.3 Å². The van der Waals surface area contributed by atoms with E-state index in [1.807, 2.05) is 30.3 Å². The first kappa shape index (κ1) is 27.7. The third-order valence-corrected chi connectivity index (χ3v) is 8.19. The average molecular weight is 558 g/mol. The van der Waals surface area contributed by atoms with Crippen LogP contribution in [-0.4, -0.2) is 36.9 Å². The van der Waals surface area contributed by atoms with Crippen LogP contribution in [0.3, 0.4) is 0 Å². The summed E-state index contributed by atoms with van der Waals surface area (Å²) >= 11 is 0. The zero-order valence-corrected chi connectivity index (χ0v) is 23.7. The van der Waals surface area contributed by atoms with Crippen LogP contribution in [0.1, 0.15) is 53.5 Å². The predicted molar refractivity (Wildman–Crippen MR) is 151 cm³/mol. The predicted octanol–water partition coefficient (Wildman–Crippen LogP) is 3.73.